The van der Waals surface area contributed by atoms with Crippen molar-refractivity contribution >= 4 is 5.97 Å². The maximum absolute atomic E-state index is 11.7. The van der Waals surface area contributed by atoms with Gasteiger partial charge >= 0.3 is 5.97 Å². The van der Waals surface area contributed by atoms with Gasteiger partial charge in [-0.25, -0.2) is 4.79 Å². The molecule has 0 aliphatic heterocycles. The van der Waals surface area contributed by atoms with Gasteiger partial charge in [0.1, 0.15) is 11.4 Å². The summed E-state index contributed by atoms with van der Waals surface area (Å²) in [5.74, 6) is 0.109. The summed E-state index contributed by atoms with van der Waals surface area (Å²) in [6.07, 6.45) is 3.07. The zero-order valence-electron chi connectivity index (χ0n) is 11.4. The van der Waals surface area contributed by atoms with E-state index in [9.17, 15) is 4.79 Å². The molecule has 2 rings (SSSR count). The molecule has 0 fully saturated rings. The molecular weight excluding hydrogens is 260 g/mol. The molecule has 0 saturated carbocycles. The number of esters is 1. The molecule has 0 amide bonds. The van der Waals surface area contributed by atoms with Crippen molar-refractivity contribution in [2.45, 2.75) is 6.92 Å². The van der Waals surface area contributed by atoms with Crippen molar-refractivity contribution in [3.8, 4) is 17.5 Å². The monoisotopic (exact) mass is 274 g/mol. The van der Waals surface area contributed by atoms with Crippen molar-refractivity contribution in [1.82, 2.24) is 15.0 Å². The summed E-state index contributed by atoms with van der Waals surface area (Å²) in [4.78, 5) is 13.0. The standard InChI is InChI=1S/C11H11N3O3.C2H3N/c1-16-8-3-4-10(14-12-5-6-13-14)9(7-8)11(15)17-2;1-2-3/h3-7H,1-2H3;1H3. The first kappa shape index (κ1) is 15.2. The van der Waals surface area contributed by atoms with Crippen molar-refractivity contribution in [2.75, 3.05) is 14.2 Å². The molecule has 0 N–H and O–H groups in total. The molecule has 0 spiro atoms. The molecule has 7 nitrogen and oxygen atoms in total. The molecule has 1 aromatic carbocycles. The van der Waals surface area contributed by atoms with Gasteiger partial charge < -0.3 is 9.47 Å². The Morgan fingerprint density at radius 2 is 1.90 bits per heavy atom. The Balaban J connectivity index is 0.000000612. The van der Waals surface area contributed by atoms with Crippen molar-refractivity contribution < 1.29 is 14.3 Å². The zero-order chi connectivity index (χ0) is 15.0. The minimum Gasteiger partial charge on any atom is -0.497 e. The molecule has 0 radical (unpaired) electrons. The van der Waals surface area contributed by atoms with Crippen LogP contribution >= 0.6 is 0 Å². The van der Waals surface area contributed by atoms with Crippen LogP contribution in [0, 0.1) is 11.3 Å². The summed E-state index contributed by atoms with van der Waals surface area (Å²) < 4.78 is 9.78. The Hall–Kier alpha value is -2.88. The normalized spacial score (nSPS) is 8.90. The average Bonchev–Trinajstić information content (AvgIpc) is 3.00. The summed E-state index contributed by atoms with van der Waals surface area (Å²) in [6, 6.07) is 6.76. The number of methoxy groups -OCH3 is 2. The van der Waals surface area contributed by atoms with Crippen LogP contribution in [-0.4, -0.2) is 35.2 Å². The Morgan fingerprint density at radius 1 is 1.30 bits per heavy atom. The zero-order valence-corrected chi connectivity index (χ0v) is 11.4. The third-order valence-electron chi connectivity index (χ3n) is 2.24. The first-order valence-corrected chi connectivity index (χ1v) is 5.61. The van der Waals surface area contributed by atoms with E-state index in [1.807, 2.05) is 0 Å². The summed E-state index contributed by atoms with van der Waals surface area (Å²) in [6.45, 7) is 1.43. The summed E-state index contributed by atoms with van der Waals surface area (Å²) in [5.41, 5.74) is 0.894. The van der Waals surface area contributed by atoms with Crippen LogP contribution in [0.1, 0.15) is 17.3 Å². The lowest BCUT2D eigenvalue weighted by atomic mass is 10.1. The van der Waals surface area contributed by atoms with Crippen molar-refractivity contribution in [2.24, 2.45) is 0 Å². The third kappa shape index (κ3) is 3.55. The molecule has 0 aliphatic rings. The van der Waals surface area contributed by atoms with E-state index in [2.05, 4.69) is 10.2 Å². The highest BCUT2D eigenvalue weighted by Crippen LogP contribution is 2.20. The van der Waals surface area contributed by atoms with Gasteiger partial charge in [0.25, 0.3) is 0 Å². The van der Waals surface area contributed by atoms with Crippen LogP contribution < -0.4 is 4.74 Å². The van der Waals surface area contributed by atoms with Crippen molar-refractivity contribution in [3.05, 3.63) is 36.2 Å². The molecule has 0 atom stereocenters. The van der Waals surface area contributed by atoms with E-state index in [1.165, 1.54) is 38.3 Å². The number of rotatable bonds is 3. The average molecular weight is 274 g/mol. The summed E-state index contributed by atoms with van der Waals surface area (Å²) in [5, 5.41) is 15.3. The number of hydrogen-bond acceptors (Lipinski definition) is 6. The second kappa shape index (κ2) is 7.53. The molecule has 1 heterocycles. The lowest BCUT2D eigenvalue weighted by Crippen LogP contribution is -2.10. The first-order valence-electron chi connectivity index (χ1n) is 5.61. The minimum atomic E-state index is -0.462. The number of hydrogen-bond donors (Lipinski definition) is 0. The fourth-order valence-corrected chi connectivity index (χ4v) is 1.43. The molecule has 0 bridgehead atoms. The fourth-order valence-electron chi connectivity index (χ4n) is 1.43. The number of carbonyl (C=O) groups excluding carboxylic acids is 1. The van der Waals surface area contributed by atoms with Gasteiger partial charge in [-0.1, -0.05) is 0 Å². The number of nitrogens with zero attached hydrogens (tertiary/aromatic N) is 4. The molecule has 7 heteroatoms. The second-order valence-corrected chi connectivity index (χ2v) is 3.42. The van der Waals surface area contributed by atoms with Crippen LogP contribution in [0.4, 0.5) is 0 Å². The Morgan fingerprint density at radius 3 is 2.40 bits per heavy atom. The van der Waals surface area contributed by atoms with Gasteiger partial charge in [0, 0.05) is 6.92 Å². The quantitative estimate of drug-likeness (QED) is 0.789. The van der Waals surface area contributed by atoms with Crippen LogP contribution in [0.5, 0.6) is 5.75 Å². The van der Waals surface area contributed by atoms with Gasteiger partial charge in [0.2, 0.25) is 0 Å². The Kier molecular flexibility index (Phi) is 5.72. The van der Waals surface area contributed by atoms with Gasteiger partial charge in [0.15, 0.2) is 0 Å². The van der Waals surface area contributed by atoms with Gasteiger partial charge in [0.05, 0.1) is 38.2 Å². The van der Waals surface area contributed by atoms with E-state index in [-0.39, 0.29) is 0 Å². The van der Waals surface area contributed by atoms with Gasteiger partial charge in [-0.2, -0.15) is 20.3 Å². The van der Waals surface area contributed by atoms with Gasteiger partial charge in [-0.15, -0.1) is 0 Å². The summed E-state index contributed by atoms with van der Waals surface area (Å²) >= 11 is 0. The largest absolute Gasteiger partial charge is 0.497 e. The van der Waals surface area contributed by atoms with Crippen LogP contribution in [0.2, 0.25) is 0 Å². The SMILES string of the molecule is CC#N.COC(=O)c1cc(OC)ccc1-n1nccn1. The molecule has 0 saturated heterocycles. The minimum absolute atomic E-state index is 0.350. The summed E-state index contributed by atoms with van der Waals surface area (Å²) in [7, 11) is 2.85. The van der Waals surface area contributed by atoms with E-state index in [0.717, 1.165) is 0 Å². The third-order valence-corrected chi connectivity index (χ3v) is 2.24. The fraction of sp³-hybridized carbons (Fsp3) is 0.231. The molecule has 0 aliphatic carbocycles. The van der Waals surface area contributed by atoms with E-state index in [0.29, 0.717) is 17.0 Å². The molecule has 1 aromatic heterocycles. The van der Waals surface area contributed by atoms with Crippen LogP contribution in [0.25, 0.3) is 5.69 Å². The second-order valence-electron chi connectivity index (χ2n) is 3.42. The van der Waals surface area contributed by atoms with Gasteiger partial charge in [-0.3, -0.25) is 0 Å². The topological polar surface area (TPSA) is 90.0 Å². The van der Waals surface area contributed by atoms with E-state index >= 15 is 0 Å². The Labute approximate surface area is 116 Å². The smallest absolute Gasteiger partial charge is 0.340 e. The predicted octanol–water partition coefficient (Wildman–Crippen LogP) is 1.59. The highest BCUT2D eigenvalue weighted by atomic mass is 16.5. The lowest BCUT2D eigenvalue weighted by Gasteiger charge is -2.08. The molecular formula is C13H14N4O3. The van der Waals surface area contributed by atoms with E-state index in [1.54, 1.807) is 24.3 Å². The van der Waals surface area contributed by atoms with E-state index in [4.69, 9.17) is 14.7 Å². The van der Waals surface area contributed by atoms with Crippen LogP contribution in [0.15, 0.2) is 30.6 Å². The Bertz CT molecular complexity index is 603. The predicted molar refractivity (Wildman–Crippen MR) is 70.5 cm³/mol. The number of carbonyl (C=O) groups is 1. The molecule has 0 unspecified atom stereocenters. The molecule has 2 aromatic rings. The van der Waals surface area contributed by atoms with Crippen LogP contribution in [0.3, 0.4) is 0 Å². The molecule has 20 heavy (non-hydrogen) atoms. The lowest BCUT2D eigenvalue weighted by molar-refractivity contribution is 0.0600. The number of aromatic nitrogens is 3. The highest BCUT2D eigenvalue weighted by molar-refractivity contribution is 5.93. The number of benzene rings is 1. The number of ether oxygens (including phenoxy) is 2. The first-order chi connectivity index (χ1) is 9.67. The highest BCUT2D eigenvalue weighted by Gasteiger charge is 2.15. The molecule has 104 valence electrons. The van der Waals surface area contributed by atoms with Crippen LogP contribution in [-0.2, 0) is 4.74 Å². The van der Waals surface area contributed by atoms with E-state index < -0.39 is 5.97 Å². The number of nitriles is 1. The van der Waals surface area contributed by atoms with Crippen molar-refractivity contribution in [1.29, 1.82) is 5.26 Å². The maximum atomic E-state index is 11.7. The van der Waals surface area contributed by atoms with Gasteiger partial charge in [-0.05, 0) is 18.2 Å². The van der Waals surface area contributed by atoms with Crippen molar-refractivity contribution in [3.63, 3.8) is 0 Å². The maximum Gasteiger partial charge on any atom is 0.340 e.